The van der Waals surface area contributed by atoms with Crippen LogP contribution in [0.3, 0.4) is 0 Å². The second kappa shape index (κ2) is 10.2. The molecule has 4 rings (SSSR count). The van der Waals surface area contributed by atoms with Crippen molar-refractivity contribution in [3.63, 3.8) is 0 Å². The van der Waals surface area contributed by atoms with Crippen molar-refractivity contribution >= 4 is 22.8 Å². The van der Waals surface area contributed by atoms with E-state index in [9.17, 15) is 4.79 Å². The summed E-state index contributed by atoms with van der Waals surface area (Å²) in [6, 6.07) is 22.2. The fraction of sp³-hybridized carbons (Fsp3) is 0.269. The van der Waals surface area contributed by atoms with E-state index in [2.05, 4.69) is 28.4 Å². The van der Waals surface area contributed by atoms with Gasteiger partial charge in [0.05, 0.1) is 26.4 Å². The zero-order valence-corrected chi connectivity index (χ0v) is 17.8. The first-order valence-electron chi connectivity index (χ1n) is 10.6. The molecule has 5 nitrogen and oxygen atoms in total. The highest BCUT2D eigenvalue weighted by atomic mass is 16.5. The molecule has 0 aliphatic carbocycles. The van der Waals surface area contributed by atoms with Gasteiger partial charge in [-0.05, 0) is 46.2 Å². The Morgan fingerprint density at radius 2 is 1.81 bits per heavy atom. The molecule has 1 atom stereocenters. The maximum absolute atomic E-state index is 12.7. The summed E-state index contributed by atoms with van der Waals surface area (Å²) >= 11 is 0. The van der Waals surface area contributed by atoms with Crippen molar-refractivity contribution in [2.75, 3.05) is 40.0 Å². The molecular formula is C26H28N2O3. The number of rotatable bonds is 7. The SMILES string of the molecule is COc1ccc2cc(/C=C/C(=O)N[C@H](CN3CCOCC3)c3ccccc3)ccc2c1. The van der Waals surface area contributed by atoms with Crippen molar-refractivity contribution in [3.05, 3.63) is 83.9 Å². The number of amides is 1. The number of hydrogen-bond donors (Lipinski definition) is 1. The predicted octanol–water partition coefficient (Wildman–Crippen LogP) is 4.05. The van der Waals surface area contributed by atoms with Gasteiger partial charge in [0.1, 0.15) is 5.75 Å². The zero-order valence-electron chi connectivity index (χ0n) is 17.8. The summed E-state index contributed by atoms with van der Waals surface area (Å²) in [5.74, 6) is 0.735. The van der Waals surface area contributed by atoms with E-state index in [0.29, 0.717) is 0 Å². The third-order valence-corrected chi connectivity index (χ3v) is 5.56. The van der Waals surface area contributed by atoms with Crippen LogP contribution in [0.5, 0.6) is 5.75 Å². The minimum atomic E-state index is -0.100. The number of methoxy groups -OCH3 is 1. The van der Waals surface area contributed by atoms with Gasteiger partial charge in [0.2, 0.25) is 5.91 Å². The topological polar surface area (TPSA) is 50.8 Å². The van der Waals surface area contributed by atoms with Crippen molar-refractivity contribution in [3.8, 4) is 5.75 Å². The first-order chi connectivity index (χ1) is 15.2. The molecule has 0 aromatic heterocycles. The Labute approximate surface area is 183 Å². The number of carbonyl (C=O) groups excluding carboxylic acids is 1. The molecule has 1 aliphatic heterocycles. The van der Waals surface area contributed by atoms with Crippen LogP contribution in [0.25, 0.3) is 16.8 Å². The van der Waals surface area contributed by atoms with Crippen LogP contribution in [0.15, 0.2) is 72.8 Å². The van der Waals surface area contributed by atoms with Gasteiger partial charge in [-0.1, -0.05) is 48.5 Å². The lowest BCUT2D eigenvalue weighted by Crippen LogP contribution is -2.42. The molecule has 0 bridgehead atoms. The number of benzene rings is 3. The van der Waals surface area contributed by atoms with E-state index in [4.69, 9.17) is 9.47 Å². The molecule has 1 heterocycles. The maximum Gasteiger partial charge on any atom is 0.244 e. The number of morpholine rings is 1. The Morgan fingerprint density at radius 3 is 2.58 bits per heavy atom. The summed E-state index contributed by atoms with van der Waals surface area (Å²) in [7, 11) is 1.67. The number of fused-ring (bicyclic) bond motifs is 1. The molecule has 3 aromatic carbocycles. The van der Waals surface area contributed by atoms with Crippen molar-refractivity contribution in [2.45, 2.75) is 6.04 Å². The maximum atomic E-state index is 12.7. The molecule has 160 valence electrons. The van der Waals surface area contributed by atoms with E-state index in [1.54, 1.807) is 13.2 Å². The van der Waals surface area contributed by atoms with Crippen LogP contribution < -0.4 is 10.1 Å². The van der Waals surface area contributed by atoms with Gasteiger partial charge in [-0.25, -0.2) is 0 Å². The van der Waals surface area contributed by atoms with E-state index < -0.39 is 0 Å². The van der Waals surface area contributed by atoms with Crippen molar-refractivity contribution < 1.29 is 14.3 Å². The van der Waals surface area contributed by atoms with Crippen molar-refractivity contribution in [1.82, 2.24) is 10.2 Å². The average Bonchev–Trinajstić information content (AvgIpc) is 2.83. The largest absolute Gasteiger partial charge is 0.497 e. The summed E-state index contributed by atoms with van der Waals surface area (Å²) in [6.07, 6.45) is 3.47. The number of hydrogen-bond acceptors (Lipinski definition) is 4. The summed E-state index contributed by atoms with van der Waals surface area (Å²) in [5.41, 5.74) is 2.09. The van der Waals surface area contributed by atoms with Gasteiger partial charge in [-0.15, -0.1) is 0 Å². The molecule has 1 amide bonds. The molecule has 3 aromatic rings. The Hall–Kier alpha value is -3.15. The highest BCUT2D eigenvalue weighted by Gasteiger charge is 2.19. The van der Waals surface area contributed by atoms with Crippen LogP contribution >= 0.6 is 0 Å². The number of carbonyl (C=O) groups is 1. The fourth-order valence-electron chi connectivity index (χ4n) is 3.83. The van der Waals surface area contributed by atoms with E-state index >= 15 is 0 Å². The number of ether oxygens (including phenoxy) is 2. The number of nitrogens with one attached hydrogen (secondary N) is 1. The first-order valence-corrected chi connectivity index (χ1v) is 10.6. The van der Waals surface area contributed by atoms with E-state index in [1.807, 2.05) is 54.6 Å². The van der Waals surface area contributed by atoms with E-state index in [1.165, 1.54) is 0 Å². The van der Waals surface area contributed by atoms with Crippen molar-refractivity contribution in [1.29, 1.82) is 0 Å². The van der Waals surface area contributed by atoms with Gasteiger partial charge >= 0.3 is 0 Å². The Balaban J connectivity index is 1.45. The molecule has 5 heteroatoms. The standard InChI is InChI=1S/C26H28N2O3/c1-30-24-11-10-22-17-20(7-9-23(22)18-24)8-12-26(29)27-25(21-5-3-2-4-6-21)19-28-13-15-31-16-14-28/h2-12,17-18,25H,13-16,19H2,1H3,(H,27,29)/b12-8+/t25-/m1/s1. The Morgan fingerprint density at radius 1 is 1.06 bits per heavy atom. The highest BCUT2D eigenvalue weighted by Crippen LogP contribution is 2.22. The van der Waals surface area contributed by atoms with Crippen LogP contribution in [0.2, 0.25) is 0 Å². The lowest BCUT2D eigenvalue weighted by molar-refractivity contribution is -0.117. The molecular weight excluding hydrogens is 388 g/mol. The minimum Gasteiger partial charge on any atom is -0.497 e. The molecule has 1 N–H and O–H groups in total. The molecule has 0 saturated carbocycles. The molecule has 1 aliphatic rings. The second-order valence-corrected chi connectivity index (χ2v) is 7.69. The van der Waals surface area contributed by atoms with Crippen LogP contribution in [-0.4, -0.2) is 50.8 Å². The molecule has 1 fully saturated rings. The van der Waals surface area contributed by atoms with Crippen molar-refractivity contribution in [2.24, 2.45) is 0 Å². The van der Waals surface area contributed by atoms with Gasteiger partial charge in [0.15, 0.2) is 0 Å². The Bertz CT molecular complexity index is 1040. The van der Waals surface area contributed by atoms with Gasteiger partial charge in [0, 0.05) is 25.7 Å². The second-order valence-electron chi connectivity index (χ2n) is 7.69. The smallest absolute Gasteiger partial charge is 0.244 e. The lowest BCUT2D eigenvalue weighted by atomic mass is 10.1. The van der Waals surface area contributed by atoms with Gasteiger partial charge < -0.3 is 14.8 Å². The molecule has 31 heavy (non-hydrogen) atoms. The van der Waals surface area contributed by atoms with Gasteiger partial charge in [-0.3, -0.25) is 9.69 Å². The summed E-state index contributed by atoms with van der Waals surface area (Å²) in [6.45, 7) is 4.02. The fourth-order valence-corrected chi connectivity index (χ4v) is 3.83. The quantitative estimate of drug-likeness (QED) is 0.591. The van der Waals surface area contributed by atoms with Crippen LogP contribution in [-0.2, 0) is 9.53 Å². The monoisotopic (exact) mass is 416 g/mol. The van der Waals surface area contributed by atoms with Crippen LogP contribution in [0, 0.1) is 0 Å². The Kier molecular flexibility index (Phi) is 6.97. The third kappa shape index (κ3) is 5.72. The highest BCUT2D eigenvalue weighted by molar-refractivity contribution is 5.93. The summed E-state index contributed by atoms with van der Waals surface area (Å²) in [4.78, 5) is 15.1. The molecule has 0 spiro atoms. The van der Waals surface area contributed by atoms with Gasteiger partial charge in [0.25, 0.3) is 0 Å². The zero-order chi connectivity index (χ0) is 21.5. The molecule has 1 saturated heterocycles. The predicted molar refractivity (Wildman–Crippen MR) is 124 cm³/mol. The van der Waals surface area contributed by atoms with Crippen LogP contribution in [0.1, 0.15) is 17.2 Å². The first kappa shape index (κ1) is 21.1. The van der Waals surface area contributed by atoms with Gasteiger partial charge in [-0.2, -0.15) is 0 Å². The minimum absolute atomic E-state index is 0.0690. The normalized spacial score (nSPS) is 15.8. The van der Waals surface area contributed by atoms with E-state index in [0.717, 1.165) is 60.5 Å². The molecule has 0 unspecified atom stereocenters. The number of nitrogens with zero attached hydrogens (tertiary/aromatic N) is 1. The summed E-state index contributed by atoms with van der Waals surface area (Å²) < 4.78 is 10.7. The molecule has 0 radical (unpaired) electrons. The lowest BCUT2D eigenvalue weighted by Gasteiger charge is -2.31. The average molecular weight is 417 g/mol. The van der Waals surface area contributed by atoms with E-state index in [-0.39, 0.29) is 11.9 Å². The summed E-state index contributed by atoms with van der Waals surface area (Å²) in [5, 5.41) is 5.39. The van der Waals surface area contributed by atoms with Crippen LogP contribution in [0.4, 0.5) is 0 Å². The third-order valence-electron chi connectivity index (χ3n) is 5.56.